The number of nitrogens with one attached hydrogen (secondary N) is 2. The number of anilines is 1. The monoisotopic (exact) mass is 409 g/mol. The van der Waals surface area contributed by atoms with Gasteiger partial charge >= 0.3 is 5.97 Å². The van der Waals surface area contributed by atoms with Gasteiger partial charge in [0.05, 0.1) is 11.6 Å². The van der Waals surface area contributed by atoms with E-state index in [4.69, 9.17) is 10.00 Å². The van der Waals surface area contributed by atoms with Gasteiger partial charge in [0.2, 0.25) is 5.91 Å². The Hall–Kier alpha value is -2.88. The first-order valence-electron chi connectivity index (χ1n) is 10.7. The van der Waals surface area contributed by atoms with Crippen molar-refractivity contribution in [2.24, 2.45) is 17.8 Å². The number of amides is 2. The lowest BCUT2D eigenvalue weighted by atomic mass is 9.53. The average Bonchev–Trinajstić information content (AvgIpc) is 2.67. The Bertz CT molecular complexity index is 851. The number of nitriles is 1. The number of hydrogen-bond donors (Lipinski definition) is 2. The molecular weight excluding hydrogens is 382 g/mol. The molecule has 0 aliphatic heterocycles. The zero-order chi connectivity index (χ0) is 21.3. The van der Waals surface area contributed by atoms with Crippen molar-refractivity contribution in [1.82, 2.24) is 5.32 Å². The van der Waals surface area contributed by atoms with Crippen LogP contribution in [0.5, 0.6) is 0 Å². The van der Waals surface area contributed by atoms with Crippen molar-refractivity contribution in [3.8, 4) is 6.07 Å². The molecule has 0 heterocycles. The molecule has 2 N–H and O–H groups in total. The second-order valence-corrected chi connectivity index (χ2v) is 9.20. The third-order valence-corrected chi connectivity index (χ3v) is 6.72. The third-order valence-electron chi connectivity index (χ3n) is 6.72. The number of nitrogens with zero attached hydrogens (tertiary/aromatic N) is 1. The summed E-state index contributed by atoms with van der Waals surface area (Å²) in [6.07, 6.45) is 5.92. The fraction of sp³-hybridized carbons (Fsp3) is 0.565. The highest BCUT2D eigenvalue weighted by molar-refractivity contribution is 5.94. The summed E-state index contributed by atoms with van der Waals surface area (Å²) in [5, 5.41) is 14.3. The topological polar surface area (TPSA) is 108 Å². The van der Waals surface area contributed by atoms with Gasteiger partial charge in [-0.15, -0.1) is 0 Å². The van der Waals surface area contributed by atoms with E-state index in [1.807, 2.05) is 0 Å². The molecule has 0 aromatic heterocycles. The summed E-state index contributed by atoms with van der Waals surface area (Å²) in [7, 11) is 0. The van der Waals surface area contributed by atoms with Crippen LogP contribution in [0.25, 0.3) is 0 Å². The van der Waals surface area contributed by atoms with Gasteiger partial charge in [-0.3, -0.25) is 9.59 Å². The van der Waals surface area contributed by atoms with E-state index in [1.54, 1.807) is 25.1 Å². The number of carbonyl (C=O) groups excluding carboxylic acids is 3. The molecule has 4 fully saturated rings. The molecule has 7 nitrogen and oxygen atoms in total. The van der Waals surface area contributed by atoms with E-state index in [2.05, 4.69) is 10.6 Å². The minimum absolute atomic E-state index is 0.115. The first-order chi connectivity index (χ1) is 14.4. The third kappa shape index (κ3) is 4.33. The van der Waals surface area contributed by atoms with Crippen LogP contribution in [0.4, 0.5) is 5.69 Å². The van der Waals surface area contributed by atoms with Crippen LogP contribution >= 0.6 is 0 Å². The first kappa shape index (κ1) is 20.4. The second-order valence-electron chi connectivity index (χ2n) is 9.20. The molecule has 30 heavy (non-hydrogen) atoms. The number of ether oxygens (including phenoxy) is 1. The summed E-state index contributed by atoms with van der Waals surface area (Å²) >= 11 is 0. The predicted octanol–water partition coefficient (Wildman–Crippen LogP) is 3.17. The standard InChI is InChI=1S/C23H27N3O4/c1-14(21(28)26-23-11-15-8-16(12-23)10-17(9-15)13-23)30-22(29)18-2-4-19(5-3-18)25-20(27)6-7-24/h2-5,14-17H,6,8-13H2,1H3,(H,25,27)(H,26,28)/t14-,15?,16?,17?,23?/m0/s1. The van der Waals surface area contributed by atoms with Crippen LogP contribution in [0, 0.1) is 29.1 Å². The van der Waals surface area contributed by atoms with Crippen LogP contribution in [-0.2, 0) is 14.3 Å². The summed E-state index contributed by atoms with van der Waals surface area (Å²) in [6.45, 7) is 1.60. The molecule has 1 atom stereocenters. The molecule has 1 aromatic carbocycles. The molecule has 4 aliphatic rings. The van der Waals surface area contributed by atoms with Gasteiger partial charge in [-0.25, -0.2) is 4.79 Å². The SMILES string of the molecule is C[C@H](OC(=O)c1ccc(NC(=O)CC#N)cc1)C(=O)NC12CC3CC(CC(C3)C1)C2. The Morgan fingerprint density at radius 1 is 1.10 bits per heavy atom. The highest BCUT2D eigenvalue weighted by Crippen LogP contribution is 2.55. The summed E-state index contributed by atoms with van der Waals surface area (Å²) in [4.78, 5) is 36.6. The predicted molar refractivity (Wildman–Crippen MR) is 109 cm³/mol. The summed E-state index contributed by atoms with van der Waals surface area (Å²) < 4.78 is 5.39. The van der Waals surface area contributed by atoms with Gasteiger partial charge in [0.25, 0.3) is 5.91 Å². The van der Waals surface area contributed by atoms with Gasteiger partial charge in [-0.2, -0.15) is 5.26 Å². The molecule has 0 spiro atoms. The number of hydrogen-bond acceptors (Lipinski definition) is 5. The smallest absolute Gasteiger partial charge is 0.338 e. The van der Waals surface area contributed by atoms with Crippen molar-refractivity contribution in [3.05, 3.63) is 29.8 Å². The first-order valence-corrected chi connectivity index (χ1v) is 10.7. The van der Waals surface area contributed by atoms with Gasteiger partial charge in [0, 0.05) is 11.2 Å². The molecule has 158 valence electrons. The van der Waals surface area contributed by atoms with Crippen LogP contribution in [0.1, 0.15) is 62.2 Å². The molecule has 4 bridgehead atoms. The van der Waals surface area contributed by atoms with E-state index in [0.29, 0.717) is 11.3 Å². The maximum atomic E-state index is 12.8. The highest BCUT2D eigenvalue weighted by atomic mass is 16.5. The molecule has 5 rings (SSSR count). The van der Waals surface area contributed by atoms with E-state index < -0.39 is 18.0 Å². The van der Waals surface area contributed by atoms with E-state index >= 15 is 0 Å². The molecule has 0 unspecified atom stereocenters. The normalized spacial score (nSPS) is 29.5. The second kappa shape index (κ2) is 8.10. The van der Waals surface area contributed by atoms with Crippen molar-refractivity contribution in [3.63, 3.8) is 0 Å². The Balaban J connectivity index is 1.32. The average molecular weight is 409 g/mol. The quantitative estimate of drug-likeness (QED) is 0.702. The Morgan fingerprint density at radius 3 is 2.20 bits per heavy atom. The van der Waals surface area contributed by atoms with Crippen molar-refractivity contribution < 1.29 is 19.1 Å². The number of rotatable bonds is 6. The van der Waals surface area contributed by atoms with Crippen LogP contribution in [-0.4, -0.2) is 29.4 Å². The molecule has 0 saturated heterocycles. The number of carbonyl (C=O) groups is 3. The van der Waals surface area contributed by atoms with Crippen LogP contribution in [0.15, 0.2) is 24.3 Å². The summed E-state index contributed by atoms with van der Waals surface area (Å²) in [6, 6.07) is 7.94. The summed E-state index contributed by atoms with van der Waals surface area (Å²) in [5.74, 6) is 0.941. The highest BCUT2D eigenvalue weighted by Gasteiger charge is 2.51. The molecule has 7 heteroatoms. The van der Waals surface area contributed by atoms with Crippen LogP contribution in [0.3, 0.4) is 0 Å². The van der Waals surface area contributed by atoms with E-state index in [9.17, 15) is 14.4 Å². The Morgan fingerprint density at radius 2 is 1.67 bits per heavy atom. The van der Waals surface area contributed by atoms with Crippen molar-refractivity contribution in [2.45, 2.75) is 63.5 Å². The fourth-order valence-corrected chi connectivity index (χ4v) is 5.88. The van der Waals surface area contributed by atoms with Gasteiger partial charge in [0.1, 0.15) is 6.42 Å². The molecule has 4 aliphatic carbocycles. The summed E-state index contributed by atoms with van der Waals surface area (Å²) in [5.41, 5.74) is 0.664. The number of benzene rings is 1. The minimum Gasteiger partial charge on any atom is -0.449 e. The van der Waals surface area contributed by atoms with Gasteiger partial charge in [0.15, 0.2) is 6.10 Å². The molecule has 1 aromatic rings. The lowest BCUT2D eigenvalue weighted by Crippen LogP contribution is -2.61. The van der Waals surface area contributed by atoms with Crippen LogP contribution < -0.4 is 10.6 Å². The molecule has 2 amide bonds. The fourth-order valence-electron chi connectivity index (χ4n) is 5.88. The molecule has 0 radical (unpaired) electrons. The van der Waals surface area contributed by atoms with Gasteiger partial charge in [-0.05, 0) is 87.5 Å². The van der Waals surface area contributed by atoms with Gasteiger partial charge < -0.3 is 15.4 Å². The van der Waals surface area contributed by atoms with Gasteiger partial charge in [-0.1, -0.05) is 0 Å². The van der Waals surface area contributed by atoms with E-state index in [0.717, 1.165) is 37.0 Å². The Labute approximate surface area is 176 Å². The minimum atomic E-state index is -0.875. The lowest BCUT2D eigenvalue weighted by molar-refractivity contribution is -0.134. The van der Waals surface area contributed by atoms with E-state index in [-0.39, 0.29) is 17.9 Å². The lowest BCUT2D eigenvalue weighted by Gasteiger charge is -2.57. The number of esters is 1. The van der Waals surface area contributed by atoms with Crippen molar-refractivity contribution in [1.29, 1.82) is 5.26 Å². The Kier molecular flexibility index (Phi) is 5.50. The van der Waals surface area contributed by atoms with Crippen molar-refractivity contribution >= 4 is 23.5 Å². The zero-order valence-corrected chi connectivity index (χ0v) is 17.1. The van der Waals surface area contributed by atoms with E-state index in [1.165, 1.54) is 31.4 Å². The van der Waals surface area contributed by atoms with Crippen LogP contribution in [0.2, 0.25) is 0 Å². The largest absolute Gasteiger partial charge is 0.449 e. The maximum absolute atomic E-state index is 12.8. The molecule has 4 saturated carbocycles. The van der Waals surface area contributed by atoms with Crippen molar-refractivity contribution in [2.75, 3.05) is 5.32 Å². The zero-order valence-electron chi connectivity index (χ0n) is 17.1. The molecular formula is C23H27N3O4. The maximum Gasteiger partial charge on any atom is 0.338 e.